The molecule has 0 amide bonds. The van der Waals surface area contributed by atoms with Crippen molar-refractivity contribution in [3.05, 3.63) is 15.6 Å². The zero-order valence-corrected chi connectivity index (χ0v) is 12.3. The molecule has 0 radical (unpaired) electrons. The third-order valence-electron chi connectivity index (χ3n) is 2.96. The number of nitrogens with one attached hydrogen (secondary N) is 1. The van der Waals surface area contributed by atoms with Gasteiger partial charge in [0.05, 0.1) is 12.3 Å². The van der Waals surface area contributed by atoms with Crippen molar-refractivity contribution in [3.8, 4) is 0 Å². The SMILES string of the molecule is COCCNCc1sc(CN(C)C)nc1C1CC1. The van der Waals surface area contributed by atoms with Crippen molar-refractivity contribution in [3.63, 3.8) is 0 Å². The second kappa shape index (κ2) is 6.61. The molecule has 4 nitrogen and oxygen atoms in total. The Morgan fingerprint density at radius 1 is 1.44 bits per heavy atom. The summed E-state index contributed by atoms with van der Waals surface area (Å²) in [7, 11) is 5.92. The van der Waals surface area contributed by atoms with Crippen LogP contribution >= 0.6 is 11.3 Å². The third-order valence-corrected chi connectivity index (χ3v) is 4.01. The molecule has 1 fully saturated rings. The maximum absolute atomic E-state index is 5.05. The van der Waals surface area contributed by atoms with Gasteiger partial charge >= 0.3 is 0 Å². The minimum Gasteiger partial charge on any atom is -0.383 e. The van der Waals surface area contributed by atoms with Crippen LogP contribution in [-0.4, -0.2) is 44.2 Å². The van der Waals surface area contributed by atoms with Crippen molar-refractivity contribution in [2.75, 3.05) is 34.4 Å². The highest BCUT2D eigenvalue weighted by Crippen LogP contribution is 2.42. The van der Waals surface area contributed by atoms with Gasteiger partial charge in [-0.1, -0.05) is 0 Å². The van der Waals surface area contributed by atoms with E-state index in [0.717, 1.165) is 32.2 Å². The van der Waals surface area contributed by atoms with E-state index in [-0.39, 0.29) is 0 Å². The molecule has 1 aliphatic carbocycles. The van der Waals surface area contributed by atoms with Gasteiger partial charge in [-0.05, 0) is 26.9 Å². The smallest absolute Gasteiger partial charge is 0.107 e. The Labute approximate surface area is 113 Å². The molecule has 0 spiro atoms. The molecule has 0 saturated heterocycles. The number of methoxy groups -OCH3 is 1. The Balaban J connectivity index is 1.95. The highest BCUT2D eigenvalue weighted by atomic mass is 32.1. The Morgan fingerprint density at radius 2 is 2.22 bits per heavy atom. The van der Waals surface area contributed by atoms with Gasteiger partial charge in [0, 0.05) is 37.5 Å². The Kier molecular flexibility index (Phi) is 5.12. The normalized spacial score (nSPS) is 15.6. The minimum atomic E-state index is 0.733. The van der Waals surface area contributed by atoms with E-state index in [1.54, 1.807) is 7.11 Å². The molecule has 0 unspecified atom stereocenters. The second-order valence-corrected chi connectivity index (χ2v) is 6.27. The van der Waals surface area contributed by atoms with Crippen LogP contribution in [0.25, 0.3) is 0 Å². The van der Waals surface area contributed by atoms with E-state index in [9.17, 15) is 0 Å². The fourth-order valence-electron chi connectivity index (χ4n) is 1.93. The summed E-state index contributed by atoms with van der Waals surface area (Å²) < 4.78 is 5.05. The number of hydrogen-bond acceptors (Lipinski definition) is 5. The fourth-order valence-corrected chi connectivity index (χ4v) is 3.17. The highest BCUT2D eigenvalue weighted by Gasteiger charge is 2.29. The van der Waals surface area contributed by atoms with Crippen LogP contribution in [0.4, 0.5) is 0 Å². The molecule has 1 aliphatic rings. The van der Waals surface area contributed by atoms with Crippen molar-refractivity contribution in [1.29, 1.82) is 0 Å². The lowest BCUT2D eigenvalue weighted by Gasteiger charge is -2.05. The van der Waals surface area contributed by atoms with Crippen LogP contribution in [0.15, 0.2) is 0 Å². The van der Waals surface area contributed by atoms with Gasteiger partial charge in [-0.15, -0.1) is 11.3 Å². The molecule has 0 aliphatic heterocycles. The quantitative estimate of drug-likeness (QED) is 0.731. The zero-order valence-electron chi connectivity index (χ0n) is 11.5. The summed E-state index contributed by atoms with van der Waals surface area (Å²) in [4.78, 5) is 8.42. The first kappa shape index (κ1) is 13.9. The number of aromatic nitrogens is 1. The zero-order chi connectivity index (χ0) is 13.0. The molecular formula is C13H23N3OS. The summed E-state index contributed by atoms with van der Waals surface area (Å²) in [5.74, 6) is 0.733. The van der Waals surface area contributed by atoms with Crippen LogP contribution < -0.4 is 5.32 Å². The van der Waals surface area contributed by atoms with E-state index >= 15 is 0 Å². The monoisotopic (exact) mass is 269 g/mol. The molecule has 1 aromatic rings. The lowest BCUT2D eigenvalue weighted by atomic mass is 10.2. The summed E-state index contributed by atoms with van der Waals surface area (Å²) in [6, 6.07) is 0. The summed E-state index contributed by atoms with van der Waals surface area (Å²) >= 11 is 1.86. The summed E-state index contributed by atoms with van der Waals surface area (Å²) in [5, 5.41) is 4.67. The van der Waals surface area contributed by atoms with Crippen LogP contribution in [0.1, 0.15) is 34.3 Å². The van der Waals surface area contributed by atoms with Crippen molar-refractivity contribution in [2.45, 2.75) is 31.8 Å². The van der Waals surface area contributed by atoms with Gasteiger partial charge in [-0.25, -0.2) is 4.98 Å². The molecule has 1 saturated carbocycles. The Bertz CT molecular complexity index is 374. The van der Waals surface area contributed by atoms with Crippen LogP contribution in [0.3, 0.4) is 0 Å². The topological polar surface area (TPSA) is 37.4 Å². The van der Waals surface area contributed by atoms with Gasteiger partial charge in [0.2, 0.25) is 0 Å². The fraction of sp³-hybridized carbons (Fsp3) is 0.769. The summed E-state index contributed by atoms with van der Waals surface area (Å²) in [6.45, 7) is 3.55. The molecule has 0 aromatic carbocycles. The van der Waals surface area contributed by atoms with E-state index in [1.807, 2.05) is 11.3 Å². The average molecular weight is 269 g/mol. The van der Waals surface area contributed by atoms with Crippen molar-refractivity contribution < 1.29 is 4.74 Å². The Morgan fingerprint density at radius 3 is 2.83 bits per heavy atom. The average Bonchev–Trinajstić information content (AvgIpc) is 3.08. The maximum atomic E-state index is 5.05. The number of thiazole rings is 1. The molecule has 0 atom stereocenters. The maximum Gasteiger partial charge on any atom is 0.107 e. The van der Waals surface area contributed by atoms with E-state index in [2.05, 4.69) is 24.3 Å². The molecule has 102 valence electrons. The van der Waals surface area contributed by atoms with Gasteiger partial charge in [0.15, 0.2) is 0 Å². The molecule has 18 heavy (non-hydrogen) atoms. The first-order valence-corrected chi connectivity index (χ1v) is 7.35. The lowest BCUT2D eigenvalue weighted by Crippen LogP contribution is -2.18. The van der Waals surface area contributed by atoms with Gasteiger partial charge in [0.25, 0.3) is 0 Å². The molecule has 2 rings (SSSR count). The lowest BCUT2D eigenvalue weighted by molar-refractivity contribution is 0.199. The van der Waals surface area contributed by atoms with Gasteiger partial charge in [0.1, 0.15) is 5.01 Å². The number of rotatable bonds is 8. The largest absolute Gasteiger partial charge is 0.383 e. The van der Waals surface area contributed by atoms with E-state index in [4.69, 9.17) is 9.72 Å². The minimum absolute atomic E-state index is 0.733. The van der Waals surface area contributed by atoms with E-state index in [0.29, 0.717) is 0 Å². The molecule has 1 heterocycles. The molecule has 1 N–H and O–H groups in total. The first-order valence-electron chi connectivity index (χ1n) is 6.53. The van der Waals surface area contributed by atoms with Gasteiger partial charge in [-0.3, -0.25) is 0 Å². The highest BCUT2D eigenvalue weighted by molar-refractivity contribution is 7.11. The Hall–Kier alpha value is -0.490. The summed E-state index contributed by atoms with van der Waals surface area (Å²) in [5.41, 5.74) is 1.35. The van der Waals surface area contributed by atoms with Crippen LogP contribution in [-0.2, 0) is 17.8 Å². The molecular weight excluding hydrogens is 246 g/mol. The predicted molar refractivity (Wildman–Crippen MR) is 75.1 cm³/mol. The van der Waals surface area contributed by atoms with Crippen LogP contribution in [0.2, 0.25) is 0 Å². The number of hydrogen-bond donors (Lipinski definition) is 1. The van der Waals surface area contributed by atoms with Crippen LogP contribution in [0.5, 0.6) is 0 Å². The van der Waals surface area contributed by atoms with Crippen molar-refractivity contribution in [1.82, 2.24) is 15.2 Å². The second-order valence-electron chi connectivity index (χ2n) is 5.10. The van der Waals surface area contributed by atoms with Gasteiger partial charge < -0.3 is 15.0 Å². The van der Waals surface area contributed by atoms with Gasteiger partial charge in [-0.2, -0.15) is 0 Å². The van der Waals surface area contributed by atoms with Crippen molar-refractivity contribution >= 4 is 11.3 Å². The van der Waals surface area contributed by atoms with Crippen molar-refractivity contribution in [2.24, 2.45) is 0 Å². The predicted octanol–water partition coefficient (Wildman–Crippen LogP) is 1.82. The number of nitrogens with zero attached hydrogens (tertiary/aromatic N) is 2. The number of ether oxygens (including phenoxy) is 1. The summed E-state index contributed by atoms with van der Waals surface area (Å²) in [6.07, 6.45) is 2.63. The standard InChI is InChI=1S/C13H23N3OS/c1-16(2)9-12-15-13(10-4-5-10)11(18-12)8-14-6-7-17-3/h10,14H,4-9H2,1-3H3. The van der Waals surface area contributed by atoms with Crippen LogP contribution in [0, 0.1) is 0 Å². The molecule has 5 heteroatoms. The first-order chi connectivity index (χ1) is 8.70. The molecule has 1 aromatic heterocycles. The van der Waals surface area contributed by atoms with E-state index < -0.39 is 0 Å². The third kappa shape index (κ3) is 4.02. The molecule has 0 bridgehead atoms. The van der Waals surface area contributed by atoms with E-state index in [1.165, 1.54) is 28.4 Å².